The highest BCUT2D eigenvalue weighted by Crippen LogP contribution is 2.17. The fraction of sp³-hybridized carbons (Fsp3) is 0.500. The second kappa shape index (κ2) is 4.75. The molecule has 76 valence electrons. The molecule has 1 aliphatic heterocycles. The van der Waals surface area contributed by atoms with Crippen LogP contribution in [0.15, 0.2) is 22.8 Å². The lowest BCUT2D eigenvalue weighted by Crippen LogP contribution is -2.12. The van der Waals surface area contributed by atoms with E-state index < -0.39 is 0 Å². The first kappa shape index (κ1) is 9.93. The third kappa shape index (κ3) is 2.69. The third-order valence-corrected chi connectivity index (χ3v) is 2.68. The van der Waals surface area contributed by atoms with Crippen molar-refractivity contribution in [2.24, 2.45) is 5.92 Å². The van der Waals surface area contributed by atoms with Crippen molar-refractivity contribution in [3.05, 3.63) is 22.8 Å². The number of hydrogen-bond acceptors (Lipinski definition) is 3. The van der Waals surface area contributed by atoms with E-state index in [1.165, 1.54) is 0 Å². The number of aromatic nitrogens is 1. The molecule has 1 aliphatic rings. The van der Waals surface area contributed by atoms with Gasteiger partial charge in [-0.3, -0.25) is 0 Å². The zero-order valence-electron chi connectivity index (χ0n) is 7.78. The van der Waals surface area contributed by atoms with Crippen LogP contribution in [-0.4, -0.2) is 24.8 Å². The van der Waals surface area contributed by atoms with E-state index in [-0.39, 0.29) is 0 Å². The van der Waals surface area contributed by atoms with Gasteiger partial charge >= 0.3 is 0 Å². The summed E-state index contributed by atoms with van der Waals surface area (Å²) >= 11 is 3.37. The Kier molecular flexibility index (Phi) is 3.37. The lowest BCUT2D eigenvalue weighted by Gasteiger charge is -2.09. The summed E-state index contributed by atoms with van der Waals surface area (Å²) in [7, 11) is 0. The maximum Gasteiger partial charge on any atom is 0.214 e. The van der Waals surface area contributed by atoms with E-state index in [4.69, 9.17) is 9.47 Å². The summed E-state index contributed by atoms with van der Waals surface area (Å²) in [5.41, 5.74) is 0. The molecule has 2 heterocycles. The molecular weight excluding hydrogens is 246 g/mol. The normalized spacial score (nSPS) is 21.1. The van der Waals surface area contributed by atoms with Crippen LogP contribution in [0.25, 0.3) is 0 Å². The van der Waals surface area contributed by atoms with Crippen LogP contribution in [0.5, 0.6) is 5.88 Å². The summed E-state index contributed by atoms with van der Waals surface area (Å²) in [4.78, 5) is 4.11. The van der Waals surface area contributed by atoms with Crippen LogP contribution in [0.2, 0.25) is 0 Å². The maximum absolute atomic E-state index is 5.55. The van der Waals surface area contributed by atoms with Gasteiger partial charge in [-0.25, -0.2) is 4.98 Å². The molecule has 0 amide bonds. The Bertz CT molecular complexity index is 300. The topological polar surface area (TPSA) is 31.4 Å². The molecule has 3 nitrogen and oxygen atoms in total. The molecule has 4 heteroatoms. The van der Waals surface area contributed by atoms with Gasteiger partial charge in [0, 0.05) is 29.3 Å². The summed E-state index contributed by atoms with van der Waals surface area (Å²) in [6, 6.07) is 3.75. The van der Waals surface area contributed by atoms with Crippen molar-refractivity contribution in [1.29, 1.82) is 0 Å². The average molecular weight is 258 g/mol. The third-order valence-electron chi connectivity index (χ3n) is 2.19. The van der Waals surface area contributed by atoms with E-state index in [1.807, 2.05) is 12.1 Å². The molecule has 14 heavy (non-hydrogen) atoms. The van der Waals surface area contributed by atoms with Gasteiger partial charge in [0.1, 0.15) is 0 Å². The number of ether oxygens (including phenoxy) is 2. The summed E-state index contributed by atoms with van der Waals surface area (Å²) < 4.78 is 11.8. The highest BCUT2D eigenvalue weighted by Gasteiger charge is 2.16. The first-order valence-electron chi connectivity index (χ1n) is 4.67. The minimum absolute atomic E-state index is 0.524. The number of hydrogen-bond donors (Lipinski definition) is 0. The lowest BCUT2D eigenvalue weighted by molar-refractivity contribution is 0.165. The molecule has 0 aliphatic carbocycles. The van der Waals surface area contributed by atoms with Gasteiger partial charge < -0.3 is 9.47 Å². The summed E-state index contributed by atoms with van der Waals surface area (Å²) in [6.45, 7) is 2.37. The summed E-state index contributed by atoms with van der Waals surface area (Å²) in [6.07, 6.45) is 2.82. The van der Waals surface area contributed by atoms with E-state index in [9.17, 15) is 0 Å². The van der Waals surface area contributed by atoms with Crippen LogP contribution in [0.1, 0.15) is 6.42 Å². The van der Waals surface area contributed by atoms with Crippen LogP contribution in [0.4, 0.5) is 0 Å². The monoisotopic (exact) mass is 257 g/mol. The molecule has 1 aromatic rings. The predicted octanol–water partition coefficient (Wildman–Crippen LogP) is 2.26. The van der Waals surface area contributed by atoms with Crippen molar-refractivity contribution in [3.8, 4) is 5.88 Å². The predicted molar refractivity (Wildman–Crippen MR) is 56.4 cm³/mol. The standard InChI is InChI=1S/C10H12BrNO2/c11-9-1-3-12-10(5-9)14-7-8-2-4-13-6-8/h1,3,5,8H,2,4,6-7H2. The number of halogens is 1. The van der Waals surface area contributed by atoms with Crippen molar-refractivity contribution < 1.29 is 9.47 Å². The molecule has 0 N–H and O–H groups in total. The number of nitrogens with zero attached hydrogens (tertiary/aromatic N) is 1. The smallest absolute Gasteiger partial charge is 0.214 e. The lowest BCUT2D eigenvalue weighted by atomic mass is 10.1. The molecule has 2 rings (SSSR count). The summed E-state index contributed by atoms with van der Waals surface area (Å²) in [5.74, 6) is 1.20. The van der Waals surface area contributed by atoms with Crippen LogP contribution in [0, 0.1) is 5.92 Å². The van der Waals surface area contributed by atoms with Crippen LogP contribution in [-0.2, 0) is 4.74 Å². The molecule has 0 saturated carbocycles. The first-order valence-corrected chi connectivity index (χ1v) is 5.46. The van der Waals surface area contributed by atoms with Crippen molar-refractivity contribution in [2.45, 2.75) is 6.42 Å². The molecule has 0 bridgehead atoms. The minimum atomic E-state index is 0.524. The van der Waals surface area contributed by atoms with Crippen molar-refractivity contribution >= 4 is 15.9 Å². The second-order valence-corrected chi connectivity index (χ2v) is 4.27. The minimum Gasteiger partial charge on any atom is -0.477 e. The second-order valence-electron chi connectivity index (χ2n) is 3.35. The van der Waals surface area contributed by atoms with E-state index in [0.717, 1.165) is 24.1 Å². The first-order chi connectivity index (χ1) is 6.84. The van der Waals surface area contributed by atoms with Crippen molar-refractivity contribution in [1.82, 2.24) is 4.98 Å². The van der Waals surface area contributed by atoms with Crippen molar-refractivity contribution in [3.63, 3.8) is 0 Å². The van der Waals surface area contributed by atoms with Crippen molar-refractivity contribution in [2.75, 3.05) is 19.8 Å². The molecule has 1 unspecified atom stereocenters. The largest absolute Gasteiger partial charge is 0.477 e. The molecule has 1 atom stereocenters. The van der Waals surface area contributed by atoms with Gasteiger partial charge in [0.15, 0.2) is 0 Å². The van der Waals surface area contributed by atoms with Gasteiger partial charge in [0.05, 0.1) is 13.2 Å². The van der Waals surface area contributed by atoms with Crippen LogP contribution in [0.3, 0.4) is 0 Å². The van der Waals surface area contributed by atoms with Gasteiger partial charge in [-0.15, -0.1) is 0 Å². The van der Waals surface area contributed by atoms with E-state index in [2.05, 4.69) is 20.9 Å². The zero-order chi connectivity index (χ0) is 9.80. The Labute approximate surface area is 91.6 Å². The fourth-order valence-electron chi connectivity index (χ4n) is 1.38. The maximum atomic E-state index is 5.55. The van der Waals surface area contributed by atoms with Gasteiger partial charge in [-0.1, -0.05) is 15.9 Å². The van der Waals surface area contributed by atoms with Crippen LogP contribution >= 0.6 is 15.9 Å². The Morgan fingerprint density at radius 1 is 1.64 bits per heavy atom. The van der Waals surface area contributed by atoms with E-state index in [1.54, 1.807) is 6.20 Å². The zero-order valence-corrected chi connectivity index (χ0v) is 9.37. The Balaban J connectivity index is 1.85. The van der Waals surface area contributed by atoms with E-state index >= 15 is 0 Å². The van der Waals surface area contributed by atoms with Gasteiger partial charge in [0.2, 0.25) is 5.88 Å². The average Bonchev–Trinajstić information content (AvgIpc) is 2.67. The Morgan fingerprint density at radius 3 is 3.29 bits per heavy atom. The highest BCUT2D eigenvalue weighted by atomic mass is 79.9. The summed E-state index contributed by atoms with van der Waals surface area (Å²) in [5, 5.41) is 0. The molecule has 1 saturated heterocycles. The number of rotatable bonds is 3. The SMILES string of the molecule is Brc1ccnc(OCC2CCOC2)c1. The Morgan fingerprint density at radius 2 is 2.57 bits per heavy atom. The molecular formula is C10H12BrNO2. The Hall–Kier alpha value is -0.610. The quantitative estimate of drug-likeness (QED) is 0.833. The van der Waals surface area contributed by atoms with Gasteiger partial charge in [0.25, 0.3) is 0 Å². The van der Waals surface area contributed by atoms with Gasteiger partial charge in [-0.05, 0) is 12.5 Å². The molecule has 1 aromatic heterocycles. The highest BCUT2D eigenvalue weighted by molar-refractivity contribution is 9.10. The molecule has 0 aromatic carbocycles. The van der Waals surface area contributed by atoms with E-state index in [0.29, 0.717) is 18.4 Å². The fourth-order valence-corrected chi connectivity index (χ4v) is 1.70. The van der Waals surface area contributed by atoms with Gasteiger partial charge in [-0.2, -0.15) is 0 Å². The molecule has 0 radical (unpaired) electrons. The molecule has 0 spiro atoms. The molecule has 1 fully saturated rings. The number of pyridine rings is 1. The van der Waals surface area contributed by atoms with Crippen LogP contribution < -0.4 is 4.74 Å².